The molecule has 204 valence electrons. The Morgan fingerprint density at radius 1 is 1.05 bits per heavy atom. The van der Waals surface area contributed by atoms with Gasteiger partial charge in [-0.25, -0.2) is 27.2 Å². The maximum atomic E-state index is 13.5. The highest BCUT2D eigenvalue weighted by Gasteiger charge is 2.29. The summed E-state index contributed by atoms with van der Waals surface area (Å²) in [6, 6.07) is 15.5. The predicted octanol–water partition coefficient (Wildman–Crippen LogP) is 5.85. The number of ether oxygens (including phenoxy) is 1. The first-order valence-electron chi connectivity index (χ1n) is 12.7. The van der Waals surface area contributed by atoms with E-state index in [9.17, 15) is 13.2 Å². The molecule has 1 fully saturated rings. The SMILES string of the molecule is CC(C)(C)OC(=O)NC1CC[C@H](Nc2ncc(Cl)c(-c3cn(S(=O)(=O)c4ccccc4)c4ccccc34)n2)C1. The van der Waals surface area contributed by atoms with E-state index < -0.39 is 21.7 Å². The number of anilines is 1. The molecule has 11 heteroatoms. The van der Waals surface area contributed by atoms with Gasteiger partial charge in [0.25, 0.3) is 10.0 Å². The Labute approximate surface area is 232 Å². The number of rotatable bonds is 6. The second-order valence-corrected chi connectivity index (χ2v) is 12.8. The monoisotopic (exact) mass is 567 g/mol. The van der Waals surface area contributed by atoms with Crippen LogP contribution in [0.5, 0.6) is 0 Å². The average Bonchev–Trinajstić information content (AvgIpc) is 3.49. The van der Waals surface area contributed by atoms with Crippen molar-refractivity contribution >= 4 is 44.6 Å². The van der Waals surface area contributed by atoms with E-state index in [2.05, 4.69) is 20.6 Å². The van der Waals surface area contributed by atoms with Gasteiger partial charge in [0.1, 0.15) is 5.60 Å². The summed E-state index contributed by atoms with van der Waals surface area (Å²) < 4.78 is 33.6. The van der Waals surface area contributed by atoms with Gasteiger partial charge >= 0.3 is 6.09 Å². The van der Waals surface area contributed by atoms with Crippen LogP contribution in [-0.4, -0.2) is 46.1 Å². The number of amides is 1. The maximum absolute atomic E-state index is 13.5. The molecule has 2 aromatic carbocycles. The molecule has 9 nitrogen and oxygen atoms in total. The fourth-order valence-electron chi connectivity index (χ4n) is 4.77. The van der Waals surface area contributed by atoms with Gasteiger partial charge in [-0.2, -0.15) is 0 Å². The summed E-state index contributed by atoms with van der Waals surface area (Å²) in [5.41, 5.74) is 0.967. The molecule has 2 heterocycles. The van der Waals surface area contributed by atoms with Crippen LogP contribution in [0.4, 0.5) is 10.7 Å². The Bertz CT molecular complexity index is 1620. The van der Waals surface area contributed by atoms with Crippen LogP contribution in [0.15, 0.2) is 71.9 Å². The fraction of sp³-hybridized carbons (Fsp3) is 0.321. The molecular formula is C28H30ClN5O4S. The molecule has 0 bridgehead atoms. The molecular weight excluding hydrogens is 538 g/mol. The molecule has 4 aromatic rings. The van der Waals surface area contributed by atoms with Crippen LogP contribution >= 0.6 is 11.6 Å². The van der Waals surface area contributed by atoms with E-state index in [1.807, 2.05) is 32.9 Å². The van der Waals surface area contributed by atoms with E-state index >= 15 is 0 Å². The van der Waals surface area contributed by atoms with Crippen LogP contribution < -0.4 is 10.6 Å². The Hall–Kier alpha value is -3.63. The summed E-state index contributed by atoms with van der Waals surface area (Å²) in [6.45, 7) is 5.49. The molecule has 2 atom stereocenters. The topological polar surface area (TPSA) is 115 Å². The van der Waals surface area contributed by atoms with Gasteiger partial charge in [0.2, 0.25) is 5.95 Å². The van der Waals surface area contributed by atoms with Gasteiger partial charge in [0.15, 0.2) is 0 Å². The Morgan fingerprint density at radius 3 is 2.49 bits per heavy atom. The third-order valence-corrected chi connectivity index (χ3v) is 8.43. The molecule has 1 saturated carbocycles. The average molecular weight is 568 g/mol. The van der Waals surface area contributed by atoms with E-state index in [4.69, 9.17) is 16.3 Å². The first-order valence-corrected chi connectivity index (χ1v) is 14.5. The number of nitrogens with zero attached hydrogens (tertiary/aromatic N) is 3. The van der Waals surface area contributed by atoms with Crippen LogP contribution in [0.25, 0.3) is 22.2 Å². The lowest BCUT2D eigenvalue weighted by molar-refractivity contribution is 0.0505. The van der Waals surface area contributed by atoms with Crippen LogP contribution in [0, 0.1) is 0 Å². The van der Waals surface area contributed by atoms with E-state index in [0.29, 0.717) is 39.6 Å². The first kappa shape index (κ1) is 27.0. The molecule has 5 rings (SSSR count). The van der Waals surface area contributed by atoms with Crippen molar-refractivity contribution in [2.24, 2.45) is 0 Å². The van der Waals surface area contributed by atoms with E-state index in [1.165, 1.54) is 10.2 Å². The van der Waals surface area contributed by atoms with Crippen molar-refractivity contribution in [3.8, 4) is 11.3 Å². The van der Waals surface area contributed by atoms with Crippen molar-refractivity contribution in [2.45, 2.75) is 62.6 Å². The molecule has 2 N–H and O–H groups in total. The lowest BCUT2D eigenvalue weighted by Gasteiger charge is -2.21. The summed E-state index contributed by atoms with van der Waals surface area (Å²) in [5.74, 6) is 0.375. The highest BCUT2D eigenvalue weighted by molar-refractivity contribution is 7.90. The second kappa shape index (κ2) is 10.5. The normalized spacial score (nSPS) is 17.7. The van der Waals surface area contributed by atoms with Gasteiger partial charge in [-0.3, -0.25) is 0 Å². The van der Waals surface area contributed by atoms with Gasteiger partial charge in [0.05, 0.1) is 27.3 Å². The molecule has 0 aliphatic heterocycles. The molecule has 1 unspecified atom stereocenters. The molecule has 0 saturated heterocycles. The van der Waals surface area contributed by atoms with Crippen molar-refractivity contribution < 1.29 is 17.9 Å². The summed E-state index contributed by atoms with van der Waals surface area (Å²) in [7, 11) is -3.85. The number of benzene rings is 2. The van der Waals surface area contributed by atoms with E-state index in [1.54, 1.807) is 48.7 Å². The number of para-hydroxylation sites is 1. The minimum Gasteiger partial charge on any atom is -0.444 e. The minimum atomic E-state index is -3.85. The molecule has 1 aliphatic rings. The van der Waals surface area contributed by atoms with Crippen molar-refractivity contribution in [1.82, 2.24) is 19.3 Å². The van der Waals surface area contributed by atoms with Gasteiger partial charge in [0, 0.05) is 29.2 Å². The summed E-state index contributed by atoms with van der Waals surface area (Å²) in [4.78, 5) is 21.4. The van der Waals surface area contributed by atoms with Crippen LogP contribution in [-0.2, 0) is 14.8 Å². The number of carbonyl (C=O) groups is 1. The van der Waals surface area contributed by atoms with Crippen LogP contribution in [0.3, 0.4) is 0 Å². The lowest BCUT2D eigenvalue weighted by Crippen LogP contribution is -2.38. The maximum Gasteiger partial charge on any atom is 0.407 e. The lowest BCUT2D eigenvalue weighted by atomic mass is 10.1. The standard InChI is InChI=1S/C28H30ClN5O4S/c1-28(2,3)38-27(35)32-19-14-13-18(15-19)31-26-30-16-23(29)25(33-26)22-17-34(24-12-8-7-11-21(22)24)39(36,37)20-9-5-4-6-10-20/h4-12,16-19H,13-15H2,1-3H3,(H,32,35)(H,30,31,33)/t18-,19?/m0/s1. The fourth-order valence-corrected chi connectivity index (χ4v) is 6.35. The number of hydrogen-bond donors (Lipinski definition) is 2. The van der Waals surface area contributed by atoms with Crippen LogP contribution in [0.2, 0.25) is 5.02 Å². The minimum absolute atomic E-state index is 0.0229. The molecule has 1 aliphatic carbocycles. The zero-order valence-electron chi connectivity index (χ0n) is 21.9. The number of fused-ring (bicyclic) bond motifs is 1. The highest BCUT2D eigenvalue weighted by Crippen LogP contribution is 2.36. The second-order valence-electron chi connectivity index (χ2n) is 10.6. The van der Waals surface area contributed by atoms with Crippen molar-refractivity contribution in [3.05, 3.63) is 72.0 Å². The summed E-state index contributed by atoms with van der Waals surface area (Å²) >= 11 is 6.55. The Balaban J connectivity index is 1.41. The third-order valence-electron chi connectivity index (χ3n) is 6.46. The molecule has 1 amide bonds. The van der Waals surface area contributed by atoms with Crippen molar-refractivity contribution in [1.29, 1.82) is 0 Å². The summed E-state index contributed by atoms with van der Waals surface area (Å²) in [6.07, 6.45) is 4.94. The van der Waals surface area contributed by atoms with Gasteiger partial charge in [-0.05, 0) is 58.2 Å². The van der Waals surface area contributed by atoms with Crippen molar-refractivity contribution in [3.63, 3.8) is 0 Å². The first-order chi connectivity index (χ1) is 18.5. The van der Waals surface area contributed by atoms with Gasteiger partial charge in [-0.1, -0.05) is 48.0 Å². The van der Waals surface area contributed by atoms with Gasteiger partial charge < -0.3 is 15.4 Å². The molecule has 39 heavy (non-hydrogen) atoms. The van der Waals surface area contributed by atoms with Crippen LogP contribution in [0.1, 0.15) is 40.0 Å². The third kappa shape index (κ3) is 5.86. The number of halogens is 1. The number of nitrogens with one attached hydrogen (secondary N) is 2. The smallest absolute Gasteiger partial charge is 0.407 e. The highest BCUT2D eigenvalue weighted by atomic mass is 35.5. The number of carbonyl (C=O) groups excluding carboxylic acids is 1. The molecule has 0 spiro atoms. The van der Waals surface area contributed by atoms with Crippen molar-refractivity contribution in [2.75, 3.05) is 5.32 Å². The Morgan fingerprint density at radius 2 is 1.74 bits per heavy atom. The molecule has 0 radical (unpaired) electrons. The molecule has 2 aromatic heterocycles. The number of aromatic nitrogens is 3. The zero-order valence-corrected chi connectivity index (χ0v) is 23.5. The zero-order chi connectivity index (χ0) is 27.8. The Kier molecular flexibility index (Phi) is 7.26. The number of alkyl carbamates (subject to hydrolysis) is 1. The van der Waals surface area contributed by atoms with E-state index in [-0.39, 0.29) is 17.0 Å². The quantitative estimate of drug-likeness (QED) is 0.300. The summed E-state index contributed by atoms with van der Waals surface area (Å²) in [5, 5.41) is 7.27. The number of hydrogen-bond acceptors (Lipinski definition) is 7. The van der Waals surface area contributed by atoms with E-state index in [0.717, 1.165) is 12.8 Å². The largest absolute Gasteiger partial charge is 0.444 e. The van der Waals surface area contributed by atoms with Gasteiger partial charge in [-0.15, -0.1) is 0 Å². The predicted molar refractivity (Wildman–Crippen MR) is 151 cm³/mol.